The highest BCUT2D eigenvalue weighted by atomic mass is 16.3. The molecular formula is C12H28N2O. The fraction of sp³-hybridized carbons (Fsp3) is 1.00. The molecule has 15 heavy (non-hydrogen) atoms. The summed E-state index contributed by atoms with van der Waals surface area (Å²) in [5, 5.41) is 13.3. The van der Waals surface area contributed by atoms with Crippen molar-refractivity contribution in [3.8, 4) is 0 Å². The van der Waals surface area contributed by atoms with Crippen LogP contribution in [0.2, 0.25) is 0 Å². The molecule has 0 aliphatic heterocycles. The molecule has 4 N–H and O–H groups in total. The highest BCUT2D eigenvalue weighted by Crippen LogP contribution is 2.17. The third-order valence-electron chi connectivity index (χ3n) is 2.54. The van der Waals surface area contributed by atoms with Gasteiger partial charge in [-0.3, -0.25) is 0 Å². The van der Waals surface area contributed by atoms with Crippen LogP contribution in [0.5, 0.6) is 0 Å². The van der Waals surface area contributed by atoms with Crippen molar-refractivity contribution in [2.45, 2.75) is 52.1 Å². The van der Waals surface area contributed by atoms with E-state index in [1.807, 2.05) is 6.92 Å². The Morgan fingerprint density at radius 3 is 2.40 bits per heavy atom. The first-order chi connectivity index (χ1) is 6.98. The van der Waals surface area contributed by atoms with Crippen LogP contribution in [-0.2, 0) is 0 Å². The maximum absolute atomic E-state index is 9.97. The van der Waals surface area contributed by atoms with Gasteiger partial charge in [0.2, 0.25) is 0 Å². The van der Waals surface area contributed by atoms with Gasteiger partial charge in [-0.05, 0) is 58.2 Å². The molecule has 0 amide bonds. The SMILES string of the molecule is CC(C)CNCCCC(C)(O)CCCN. The van der Waals surface area contributed by atoms with Gasteiger partial charge in [-0.15, -0.1) is 0 Å². The molecule has 0 aromatic heterocycles. The molecule has 0 saturated heterocycles. The Morgan fingerprint density at radius 1 is 1.27 bits per heavy atom. The Hall–Kier alpha value is -0.120. The van der Waals surface area contributed by atoms with E-state index in [1.165, 1.54) is 0 Å². The van der Waals surface area contributed by atoms with Gasteiger partial charge in [0.1, 0.15) is 0 Å². The molecular weight excluding hydrogens is 188 g/mol. The Labute approximate surface area is 94.4 Å². The largest absolute Gasteiger partial charge is 0.390 e. The molecule has 92 valence electrons. The van der Waals surface area contributed by atoms with Crippen molar-refractivity contribution in [2.24, 2.45) is 11.7 Å². The minimum absolute atomic E-state index is 0.529. The standard InChI is InChI=1S/C12H28N2O/c1-11(2)10-14-9-5-7-12(3,15)6-4-8-13/h11,14-15H,4-10,13H2,1-3H3. The van der Waals surface area contributed by atoms with Crippen LogP contribution in [-0.4, -0.2) is 30.3 Å². The summed E-state index contributed by atoms with van der Waals surface area (Å²) < 4.78 is 0. The van der Waals surface area contributed by atoms with Gasteiger partial charge in [-0.25, -0.2) is 0 Å². The molecule has 3 heteroatoms. The van der Waals surface area contributed by atoms with E-state index in [9.17, 15) is 5.11 Å². The smallest absolute Gasteiger partial charge is 0.0620 e. The van der Waals surface area contributed by atoms with E-state index in [2.05, 4.69) is 19.2 Å². The molecule has 0 rings (SSSR count). The summed E-state index contributed by atoms with van der Waals surface area (Å²) in [6, 6.07) is 0. The van der Waals surface area contributed by atoms with Crippen molar-refractivity contribution in [3.05, 3.63) is 0 Å². The second kappa shape index (κ2) is 8.08. The van der Waals surface area contributed by atoms with Gasteiger partial charge in [0.15, 0.2) is 0 Å². The zero-order valence-electron chi connectivity index (χ0n) is 10.6. The molecule has 1 atom stereocenters. The number of rotatable bonds is 9. The molecule has 3 nitrogen and oxygen atoms in total. The highest BCUT2D eigenvalue weighted by molar-refractivity contribution is 4.72. The lowest BCUT2D eigenvalue weighted by atomic mass is 9.94. The van der Waals surface area contributed by atoms with E-state index in [1.54, 1.807) is 0 Å². The lowest BCUT2D eigenvalue weighted by molar-refractivity contribution is 0.0386. The molecule has 0 spiro atoms. The van der Waals surface area contributed by atoms with E-state index in [0.29, 0.717) is 12.5 Å². The predicted molar refractivity (Wildman–Crippen MR) is 65.9 cm³/mol. The van der Waals surface area contributed by atoms with E-state index in [0.717, 1.165) is 38.8 Å². The molecule has 0 aliphatic rings. The summed E-state index contributed by atoms with van der Waals surface area (Å²) in [6.07, 6.45) is 3.61. The average molecular weight is 216 g/mol. The third kappa shape index (κ3) is 10.2. The molecule has 0 aliphatic carbocycles. The van der Waals surface area contributed by atoms with Gasteiger partial charge < -0.3 is 16.2 Å². The topological polar surface area (TPSA) is 58.3 Å². The normalized spacial score (nSPS) is 15.6. The highest BCUT2D eigenvalue weighted by Gasteiger charge is 2.18. The van der Waals surface area contributed by atoms with Gasteiger partial charge in [0.25, 0.3) is 0 Å². The molecule has 0 aromatic carbocycles. The second-order valence-electron chi connectivity index (χ2n) is 5.09. The van der Waals surface area contributed by atoms with E-state index < -0.39 is 5.60 Å². The van der Waals surface area contributed by atoms with Crippen LogP contribution < -0.4 is 11.1 Å². The molecule has 0 bridgehead atoms. The van der Waals surface area contributed by atoms with Crippen molar-refractivity contribution in [2.75, 3.05) is 19.6 Å². The zero-order valence-corrected chi connectivity index (χ0v) is 10.6. The second-order valence-corrected chi connectivity index (χ2v) is 5.09. The predicted octanol–water partition coefficient (Wildman–Crippen LogP) is 1.50. The quantitative estimate of drug-likeness (QED) is 0.512. The van der Waals surface area contributed by atoms with E-state index in [4.69, 9.17) is 5.73 Å². The van der Waals surface area contributed by atoms with Crippen LogP contribution in [0.15, 0.2) is 0 Å². The maximum atomic E-state index is 9.97. The average Bonchev–Trinajstić information content (AvgIpc) is 2.14. The van der Waals surface area contributed by atoms with E-state index in [-0.39, 0.29) is 0 Å². The summed E-state index contributed by atoms with van der Waals surface area (Å²) in [4.78, 5) is 0. The van der Waals surface area contributed by atoms with Gasteiger partial charge in [0, 0.05) is 0 Å². The summed E-state index contributed by atoms with van der Waals surface area (Å²) >= 11 is 0. The number of nitrogens with two attached hydrogens (primary N) is 1. The summed E-state index contributed by atoms with van der Waals surface area (Å²) in [5.74, 6) is 0.697. The minimum Gasteiger partial charge on any atom is -0.390 e. The van der Waals surface area contributed by atoms with Crippen molar-refractivity contribution >= 4 is 0 Å². The van der Waals surface area contributed by atoms with Crippen LogP contribution in [0.25, 0.3) is 0 Å². The molecule has 0 saturated carbocycles. The van der Waals surface area contributed by atoms with Gasteiger partial charge >= 0.3 is 0 Å². The fourth-order valence-corrected chi connectivity index (χ4v) is 1.59. The van der Waals surface area contributed by atoms with Crippen LogP contribution in [0.3, 0.4) is 0 Å². The maximum Gasteiger partial charge on any atom is 0.0620 e. The van der Waals surface area contributed by atoms with Crippen LogP contribution in [0.1, 0.15) is 46.5 Å². The number of nitrogens with one attached hydrogen (secondary N) is 1. The van der Waals surface area contributed by atoms with Crippen molar-refractivity contribution < 1.29 is 5.11 Å². The molecule has 0 heterocycles. The minimum atomic E-state index is -0.529. The van der Waals surface area contributed by atoms with Crippen LogP contribution in [0, 0.1) is 5.92 Å². The fourth-order valence-electron chi connectivity index (χ4n) is 1.59. The van der Waals surface area contributed by atoms with Crippen molar-refractivity contribution in [1.82, 2.24) is 5.32 Å². The first-order valence-corrected chi connectivity index (χ1v) is 6.11. The summed E-state index contributed by atoms with van der Waals surface area (Å²) in [5.41, 5.74) is 4.89. The van der Waals surface area contributed by atoms with Crippen LogP contribution in [0.4, 0.5) is 0 Å². The first kappa shape index (κ1) is 14.9. The Kier molecular flexibility index (Phi) is 8.02. The molecule has 0 radical (unpaired) electrons. The van der Waals surface area contributed by atoms with Crippen molar-refractivity contribution in [1.29, 1.82) is 0 Å². The first-order valence-electron chi connectivity index (χ1n) is 6.11. The number of aliphatic hydroxyl groups is 1. The van der Waals surface area contributed by atoms with Gasteiger partial charge in [0.05, 0.1) is 5.60 Å². The monoisotopic (exact) mass is 216 g/mol. The summed E-state index contributed by atoms with van der Waals surface area (Å²) in [6.45, 7) is 9.03. The number of hydrogen-bond acceptors (Lipinski definition) is 3. The zero-order chi connectivity index (χ0) is 11.7. The number of hydrogen-bond donors (Lipinski definition) is 3. The lowest BCUT2D eigenvalue weighted by Gasteiger charge is -2.23. The van der Waals surface area contributed by atoms with E-state index >= 15 is 0 Å². The van der Waals surface area contributed by atoms with Crippen LogP contribution >= 0.6 is 0 Å². The Balaban J connectivity index is 3.40. The van der Waals surface area contributed by atoms with Crippen molar-refractivity contribution in [3.63, 3.8) is 0 Å². The van der Waals surface area contributed by atoms with Gasteiger partial charge in [-0.2, -0.15) is 0 Å². The Morgan fingerprint density at radius 2 is 1.87 bits per heavy atom. The molecule has 1 unspecified atom stereocenters. The molecule has 0 fully saturated rings. The lowest BCUT2D eigenvalue weighted by Crippen LogP contribution is -2.28. The summed E-state index contributed by atoms with van der Waals surface area (Å²) in [7, 11) is 0. The Bertz CT molecular complexity index is 147. The molecule has 0 aromatic rings. The van der Waals surface area contributed by atoms with Gasteiger partial charge in [-0.1, -0.05) is 13.8 Å². The third-order valence-corrected chi connectivity index (χ3v) is 2.54.